The second-order valence-corrected chi connectivity index (χ2v) is 16.7. The van der Waals surface area contributed by atoms with Gasteiger partial charge < -0.3 is 27.9 Å². The molecular weight excluding hydrogens is 713 g/mol. The van der Waals surface area contributed by atoms with Gasteiger partial charge in [-0.2, -0.15) is 0 Å². The highest BCUT2D eigenvalue weighted by Crippen LogP contribution is 2.38. The number of allylic oxidation sites excluding steroid dienone is 10. The van der Waals surface area contributed by atoms with E-state index in [1.807, 2.05) is 21.1 Å². The quantitative estimate of drug-likeness (QED) is 0.0200. The first kappa shape index (κ1) is 52.7. The van der Waals surface area contributed by atoms with E-state index in [0.717, 1.165) is 89.9 Å². The highest BCUT2D eigenvalue weighted by molar-refractivity contribution is 7.45. The van der Waals surface area contributed by atoms with Crippen LogP contribution in [-0.2, 0) is 32.7 Å². The molecule has 0 fully saturated rings. The summed E-state index contributed by atoms with van der Waals surface area (Å²) in [6.07, 6.45) is 44.3. The van der Waals surface area contributed by atoms with E-state index < -0.39 is 32.5 Å². The molecule has 0 spiro atoms. The van der Waals surface area contributed by atoms with E-state index in [0.29, 0.717) is 17.4 Å². The Hall–Kier alpha value is -2.29. The number of hydrogen-bond donors (Lipinski definition) is 0. The summed E-state index contributed by atoms with van der Waals surface area (Å²) in [4.78, 5) is 37.2. The van der Waals surface area contributed by atoms with Crippen molar-refractivity contribution >= 4 is 19.8 Å². The van der Waals surface area contributed by atoms with Gasteiger partial charge >= 0.3 is 11.9 Å². The lowest BCUT2D eigenvalue weighted by atomic mass is 10.1. The molecule has 0 aliphatic carbocycles. The third-order valence-electron chi connectivity index (χ3n) is 8.80. The number of phosphoric acid groups is 1. The van der Waals surface area contributed by atoms with Gasteiger partial charge in [-0.3, -0.25) is 14.2 Å². The molecule has 0 N–H and O–H groups in total. The molecule has 0 bridgehead atoms. The van der Waals surface area contributed by atoms with Crippen LogP contribution in [0.5, 0.6) is 0 Å². The molecule has 0 aromatic heterocycles. The summed E-state index contributed by atoms with van der Waals surface area (Å²) in [5, 5.41) is 0. The molecule has 318 valence electrons. The maximum Gasteiger partial charge on any atom is 0.306 e. The summed E-state index contributed by atoms with van der Waals surface area (Å²) in [5.41, 5.74) is 0. The number of nitrogens with zero attached hydrogens (tertiary/aromatic N) is 1. The smallest absolute Gasteiger partial charge is 0.306 e. The number of unbranched alkanes of at least 4 members (excludes halogenated alkanes) is 14. The molecule has 55 heavy (non-hydrogen) atoms. The highest BCUT2D eigenvalue weighted by Gasteiger charge is 2.21. The summed E-state index contributed by atoms with van der Waals surface area (Å²) in [6, 6.07) is 0. The first-order chi connectivity index (χ1) is 26.5. The van der Waals surface area contributed by atoms with Gasteiger partial charge in [0.15, 0.2) is 6.10 Å². The Morgan fingerprint density at radius 3 is 1.55 bits per heavy atom. The molecule has 0 aromatic rings. The maximum absolute atomic E-state index is 12.6. The number of carbonyl (C=O) groups is 2. The zero-order valence-corrected chi connectivity index (χ0v) is 36.5. The molecule has 0 saturated carbocycles. The lowest BCUT2D eigenvalue weighted by Crippen LogP contribution is -2.37. The largest absolute Gasteiger partial charge is 0.756 e. The zero-order chi connectivity index (χ0) is 40.7. The van der Waals surface area contributed by atoms with Crippen molar-refractivity contribution in [3.05, 3.63) is 60.8 Å². The Morgan fingerprint density at radius 2 is 1.04 bits per heavy atom. The van der Waals surface area contributed by atoms with Gasteiger partial charge in [0.25, 0.3) is 7.82 Å². The predicted octanol–water partition coefficient (Wildman–Crippen LogP) is 11.4. The number of phosphoric ester groups is 1. The third kappa shape index (κ3) is 41.2. The SMILES string of the molecule is CC/C=C\C/C=C\C/C=C\C/C=C\C/C=C\CCCCCCCCCCCC(=O)OC(COC(=O)CCCCCCCC)COP(=O)([O-])OCC[N+](C)(C)C. The average Bonchev–Trinajstić information content (AvgIpc) is 3.13. The molecule has 0 aliphatic rings. The molecule has 0 aromatic carbocycles. The second-order valence-electron chi connectivity index (χ2n) is 15.3. The van der Waals surface area contributed by atoms with E-state index in [9.17, 15) is 19.0 Å². The molecule has 0 heterocycles. The van der Waals surface area contributed by atoms with Crippen molar-refractivity contribution in [3.63, 3.8) is 0 Å². The molecule has 0 amide bonds. The molecule has 2 atom stereocenters. The van der Waals surface area contributed by atoms with Crippen molar-refractivity contribution in [2.24, 2.45) is 0 Å². The first-order valence-electron chi connectivity index (χ1n) is 21.5. The van der Waals surface area contributed by atoms with Crippen LogP contribution in [0.15, 0.2) is 60.8 Å². The summed E-state index contributed by atoms with van der Waals surface area (Å²) in [7, 11) is 1.15. The standard InChI is InChI=1S/C45H80NO8P/c1-6-8-10-12-14-15-16-17-18-19-20-21-22-23-24-25-26-27-28-29-30-31-32-34-36-38-45(48)54-43(41-51-44(47)37-35-33-13-11-9-7-2)42-53-55(49,50)52-40-39-46(3,4)5/h8,10,14-15,17-18,20-21,23-24,43H,6-7,9,11-13,16,19,22,25-42H2,1-5H3/b10-8-,15-14-,18-17-,21-20-,24-23-. The van der Waals surface area contributed by atoms with Crippen molar-refractivity contribution in [2.75, 3.05) is 47.5 Å². The van der Waals surface area contributed by atoms with Crippen molar-refractivity contribution in [1.82, 2.24) is 0 Å². The molecule has 10 heteroatoms. The Morgan fingerprint density at radius 1 is 0.582 bits per heavy atom. The van der Waals surface area contributed by atoms with E-state index in [1.165, 1.54) is 38.5 Å². The Bertz CT molecular complexity index is 1120. The predicted molar refractivity (Wildman–Crippen MR) is 226 cm³/mol. The van der Waals surface area contributed by atoms with Crippen LogP contribution in [0.25, 0.3) is 0 Å². The molecule has 0 saturated heterocycles. The van der Waals surface area contributed by atoms with Crippen LogP contribution in [0.1, 0.15) is 162 Å². The van der Waals surface area contributed by atoms with Gasteiger partial charge in [0.2, 0.25) is 0 Å². The minimum absolute atomic E-state index is 0.0339. The third-order valence-corrected chi connectivity index (χ3v) is 9.77. The number of esters is 2. The molecule has 0 rings (SSSR count). The van der Waals surface area contributed by atoms with Crippen molar-refractivity contribution in [1.29, 1.82) is 0 Å². The van der Waals surface area contributed by atoms with Gasteiger partial charge in [0.1, 0.15) is 19.8 Å². The van der Waals surface area contributed by atoms with Crippen molar-refractivity contribution in [2.45, 2.75) is 168 Å². The Labute approximate surface area is 336 Å². The summed E-state index contributed by atoms with van der Waals surface area (Å²) >= 11 is 0. The van der Waals surface area contributed by atoms with Gasteiger partial charge in [-0.05, 0) is 57.8 Å². The molecule has 0 radical (unpaired) electrons. The topological polar surface area (TPSA) is 111 Å². The number of quaternary nitrogens is 1. The molecule has 0 aliphatic heterocycles. The summed E-state index contributed by atoms with van der Waals surface area (Å²) < 4.78 is 33.7. The number of carbonyl (C=O) groups excluding carboxylic acids is 2. The minimum atomic E-state index is -4.62. The van der Waals surface area contributed by atoms with Crippen LogP contribution < -0.4 is 4.89 Å². The Kier molecular flexibility index (Phi) is 35.7. The van der Waals surface area contributed by atoms with Gasteiger partial charge in [-0.1, -0.05) is 152 Å². The summed E-state index contributed by atoms with van der Waals surface area (Å²) in [5.74, 6) is -0.855. The van der Waals surface area contributed by atoms with E-state index in [-0.39, 0.29) is 26.1 Å². The zero-order valence-electron chi connectivity index (χ0n) is 35.6. The monoisotopic (exact) mass is 794 g/mol. The second kappa shape index (κ2) is 37.3. The van der Waals surface area contributed by atoms with Gasteiger partial charge in [-0.15, -0.1) is 0 Å². The fourth-order valence-electron chi connectivity index (χ4n) is 5.44. The molecule has 2 unspecified atom stereocenters. The van der Waals surface area contributed by atoms with E-state index in [4.69, 9.17) is 18.5 Å². The molecule has 9 nitrogen and oxygen atoms in total. The van der Waals surface area contributed by atoms with Crippen LogP contribution in [-0.4, -0.2) is 70.0 Å². The lowest BCUT2D eigenvalue weighted by molar-refractivity contribution is -0.870. The number of likely N-dealkylation sites (N-methyl/N-ethyl adjacent to an activating group) is 1. The Balaban J connectivity index is 4.17. The molecular formula is C45H80NO8P. The average molecular weight is 794 g/mol. The number of hydrogen-bond acceptors (Lipinski definition) is 8. The normalized spacial score (nSPS) is 14.2. The van der Waals surface area contributed by atoms with Crippen LogP contribution in [0.2, 0.25) is 0 Å². The number of rotatable bonds is 38. The highest BCUT2D eigenvalue weighted by atomic mass is 31.2. The van der Waals surface area contributed by atoms with Gasteiger partial charge in [0, 0.05) is 12.8 Å². The van der Waals surface area contributed by atoms with Gasteiger partial charge in [0.05, 0.1) is 27.7 Å². The van der Waals surface area contributed by atoms with Gasteiger partial charge in [-0.25, -0.2) is 0 Å². The maximum atomic E-state index is 12.6. The van der Waals surface area contributed by atoms with Crippen LogP contribution in [0.3, 0.4) is 0 Å². The fraction of sp³-hybridized carbons (Fsp3) is 0.733. The van der Waals surface area contributed by atoms with Crippen LogP contribution in [0, 0.1) is 0 Å². The van der Waals surface area contributed by atoms with E-state index in [1.54, 1.807) is 0 Å². The minimum Gasteiger partial charge on any atom is -0.756 e. The van der Waals surface area contributed by atoms with E-state index >= 15 is 0 Å². The fourth-order valence-corrected chi connectivity index (χ4v) is 6.17. The summed E-state index contributed by atoms with van der Waals surface area (Å²) in [6.45, 7) is 4.02. The first-order valence-corrected chi connectivity index (χ1v) is 23.0. The van der Waals surface area contributed by atoms with Crippen molar-refractivity contribution < 1.29 is 42.1 Å². The van der Waals surface area contributed by atoms with E-state index in [2.05, 4.69) is 74.6 Å². The van der Waals surface area contributed by atoms with Crippen LogP contribution in [0.4, 0.5) is 0 Å². The van der Waals surface area contributed by atoms with Crippen molar-refractivity contribution in [3.8, 4) is 0 Å². The number of ether oxygens (including phenoxy) is 2. The van der Waals surface area contributed by atoms with Crippen LogP contribution >= 0.6 is 7.82 Å². The lowest BCUT2D eigenvalue weighted by Gasteiger charge is -2.28.